The van der Waals surface area contributed by atoms with E-state index in [1.807, 2.05) is 43.5 Å². The second-order valence-corrected chi connectivity index (χ2v) is 9.77. The van der Waals surface area contributed by atoms with Crippen molar-refractivity contribution in [2.45, 2.75) is 46.5 Å². The Kier molecular flexibility index (Phi) is 7.15. The highest BCUT2D eigenvalue weighted by Gasteiger charge is 2.29. The second-order valence-electron chi connectivity index (χ2n) is 9.77. The number of piperidine rings is 1. The number of anilines is 1. The van der Waals surface area contributed by atoms with Gasteiger partial charge in [-0.25, -0.2) is 0 Å². The highest BCUT2D eigenvalue weighted by molar-refractivity contribution is 5.83. The Hall–Kier alpha value is -3.41. The second kappa shape index (κ2) is 10.2. The molecule has 0 saturated carbocycles. The Balaban J connectivity index is 1.58. The highest BCUT2D eigenvalue weighted by atomic mass is 16.5. The molecule has 3 heterocycles. The van der Waals surface area contributed by atoms with Crippen LogP contribution in [0.4, 0.5) is 5.69 Å². The summed E-state index contributed by atoms with van der Waals surface area (Å²) in [6, 6.07) is 14.1. The van der Waals surface area contributed by atoms with Crippen molar-refractivity contribution in [3.63, 3.8) is 0 Å². The van der Waals surface area contributed by atoms with E-state index in [4.69, 9.17) is 4.74 Å². The maximum Gasteiger partial charge on any atom is 0.307 e. The van der Waals surface area contributed by atoms with Crippen molar-refractivity contribution in [2.24, 2.45) is 5.41 Å². The minimum atomic E-state index is -0.851. The molecule has 0 amide bonds. The predicted molar refractivity (Wildman–Crippen MR) is 134 cm³/mol. The zero-order valence-electron chi connectivity index (χ0n) is 20.3. The number of carboxylic acid groups (broad SMARTS) is 1. The predicted octanol–water partition coefficient (Wildman–Crippen LogP) is 5.33. The number of carboxylic acids is 1. The Morgan fingerprint density at radius 1 is 1.06 bits per heavy atom. The van der Waals surface area contributed by atoms with Crippen molar-refractivity contribution in [2.75, 3.05) is 24.6 Å². The molecule has 1 fully saturated rings. The van der Waals surface area contributed by atoms with Gasteiger partial charge in [-0.15, -0.1) is 0 Å². The number of nitrogens with zero attached hydrogens (tertiary/aromatic N) is 3. The van der Waals surface area contributed by atoms with E-state index in [9.17, 15) is 9.90 Å². The van der Waals surface area contributed by atoms with Crippen LogP contribution in [0.15, 0.2) is 54.9 Å². The summed E-state index contributed by atoms with van der Waals surface area (Å²) in [4.78, 5) is 23.2. The van der Waals surface area contributed by atoms with Gasteiger partial charge in [-0.3, -0.25) is 14.8 Å². The number of aromatic nitrogens is 2. The monoisotopic (exact) mass is 459 g/mol. The summed E-state index contributed by atoms with van der Waals surface area (Å²) in [5.41, 5.74) is 5.66. The number of pyridine rings is 2. The van der Waals surface area contributed by atoms with Gasteiger partial charge in [-0.05, 0) is 42.9 Å². The molecule has 0 unspecified atom stereocenters. The van der Waals surface area contributed by atoms with Crippen LogP contribution >= 0.6 is 0 Å². The number of aliphatic carboxylic acids is 1. The molecule has 6 heteroatoms. The topological polar surface area (TPSA) is 75.6 Å². The standard InChI is InChI=1S/C28H33N3O3/c1-20-23(17-26(32)33)27(31-14-12-28(2,3)13-15-31)24(19-29-20)25-10-9-22(18-30-25)34-16-11-21-7-5-4-6-8-21/h4-10,18-19H,11-17H2,1-3H3,(H,32,33). The average molecular weight is 460 g/mol. The fourth-order valence-corrected chi connectivity index (χ4v) is 4.44. The molecule has 0 spiro atoms. The fraction of sp³-hybridized carbons (Fsp3) is 0.393. The molecule has 34 heavy (non-hydrogen) atoms. The summed E-state index contributed by atoms with van der Waals surface area (Å²) in [5.74, 6) is -0.137. The van der Waals surface area contributed by atoms with Gasteiger partial charge in [0.15, 0.2) is 0 Å². The molecule has 1 aliphatic heterocycles. The van der Waals surface area contributed by atoms with Crippen molar-refractivity contribution >= 4 is 11.7 Å². The number of carbonyl (C=O) groups is 1. The molecule has 4 rings (SSSR count). The Labute approximate surface area is 201 Å². The van der Waals surface area contributed by atoms with Crippen molar-refractivity contribution < 1.29 is 14.6 Å². The lowest BCUT2D eigenvalue weighted by molar-refractivity contribution is -0.136. The van der Waals surface area contributed by atoms with E-state index in [2.05, 4.69) is 40.8 Å². The van der Waals surface area contributed by atoms with E-state index in [0.29, 0.717) is 17.8 Å². The number of benzene rings is 1. The highest BCUT2D eigenvalue weighted by Crippen LogP contribution is 2.39. The fourth-order valence-electron chi connectivity index (χ4n) is 4.44. The van der Waals surface area contributed by atoms with Crippen LogP contribution in [-0.4, -0.2) is 40.7 Å². The molecule has 0 radical (unpaired) electrons. The first-order valence-electron chi connectivity index (χ1n) is 11.9. The first kappa shape index (κ1) is 23.7. The third kappa shape index (κ3) is 5.74. The van der Waals surface area contributed by atoms with Gasteiger partial charge in [0.2, 0.25) is 0 Å². The van der Waals surface area contributed by atoms with Crippen molar-refractivity contribution in [1.29, 1.82) is 0 Å². The molecule has 0 bridgehead atoms. The van der Waals surface area contributed by atoms with Gasteiger partial charge < -0.3 is 14.7 Å². The first-order chi connectivity index (χ1) is 16.3. The van der Waals surface area contributed by atoms with Crippen LogP contribution in [0.25, 0.3) is 11.3 Å². The van der Waals surface area contributed by atoms with Gasteiger partial charge in [0.05, 0.1) is 30.6 Å². The summed E-state index contributed by atoms with van der Waals surface area (Å²) in [5, 5.41) is 9.58. The van der Waals surface area contributed by atoms with E-state index in [1.165, 1.54) is 5.56 Å². The van der Waals surface area contributed by atoms with Crippen LogP contribution in [0.3, 0.4) is 0 Å². The van der Waals surface area contributed by atoms with Gasteiger partial charge in [0, 0.05) is 42.5 Å². The van der Waals surface area contributed by atoms with E-state index in [0.717, 1.165) is 60.6 Å². The maximum atomic E-state index is 11.7. The first-order valence-corrected chi connectivity index (χ1v) is 11.9. The number of rotatable bonds is 8. The third-order valence-electron chi connectivity index (χ3n) is 6.64. The molecule has 0 atom stereocenters. The molecular weight excluding hydrogens is 426 g/mol. The summed E-state index contributed by atoms with van der Waals surface area (Å²) in [7, 11) is 0. The third-order valence-corrected chi connectivity index (χ3v) is 6.64. The smallest absolute Gasteiger partial charge is 0.307 e. The van der Waals surface area contributed by atoms with Crippen LogP contribution in [0.1, 0.15) is 43.5 Å². The van der Waals surface area contributed by atoms with E-state index in [1.54, 1.807) is 6.20 Å². The van der Waals surface area contributed by atoms with Gasteiger partial charge >= 0.3 is 5.97 Å². The molecule has 1 saturated heterocycles. The summed E-state index contributed by atoms with van der Waals surface area (Å²) < 4.78 is 5.90. The van der Waals surface area contributed by atoms with Gasteiger partial charge in [-0.2, -0.15) is 0 Å². The molecule has 0 aliphatic carbocycles. The molecule has 6 nitrogen and oxygen atoms in total. The lowest BCUT2D eigenvalue weighted by Crippen LogP contribution is -2.38. The zero-order valence-corrected chi connectivity index (χ0v) is 20.3. The van der Waals surface area contributed by atoms with Crippen LogP contribution in [0, 0.1) is 12.3 Å². The summed E-state index contributed by atoms with van der Waals surface area (Å²) >= 11 is 0. The van der Waals surface area contributed by atoms with Crippen molar-refractivity contribution in [1.82, 2.24) is 9.97 Å². The SMILES string of the molecule is Cc1ncc(-c2ccc(OCCc3ccccc3)cn2)c(N2CCC(C)(C)CC2)c1CC(=O)O. The molecular formula is C28H33N3O3. The van der Waals surface area contributed by atoms with E-state index < -0.39 is 5.97 Å². The number of hydrogen-bond acceptors (Lipinski definition) is 5. The van der Waals surface area contributed by atoms with Gasteiger partial charge in [0.1, 0.15) is 5.75 Å². The normalized spacial score (nSPS) is 15.2. The molecule has 1 N–H and O–H groups in total. The van der Waals surface area contributed by atoms with Gasteiger partial charge in [-0.1, -0.05) is 44.2 Å². The Morgan fingerprint density at radius 3 is 2.44 bits per heavy atom. The molecule has 1 aromatic carbocycles. The van der Waals surface area contributed by atoms with E-state index >= 15 is 0 Å². The zero-order chi connectivity index (χ0) is 24.1. The minimum Gasteiger partial charge on any atom is -0.492 e. The summed E-state index contributed by atoms with van der Waals surface area (Å²) in [6.07, 6.45) is 6.46. The summed E-state index contributed by atoms with van der Waals surface area (Å²) in [6.45, 7) is 8.82. The quantitative estimate of drug-likeness (QED) is 0.491. The lowest BCUT2D eigenvalue weighted by Gasteiger charge is -2.40. The van der Waals surface area contributed by atoms with Crippen molar-refractivity contribution in [3.8, 4) is 17.0 Å². The van der Waals surface area contributed by atoms with Gasteiger partial charge in [0.25, 0.3) is 0 Å². The number of hydrogen-bond donors (Lipinski definition) is 1. The molecule has 178 valence electrons. The van der Waals surface area contributed by atoms with Crippen LogP contribution in [0.5, 0.6) is 5.75 Å². The average Bonchev–Trinajstić information content (AvgIpc) is 2.82. The Bertz CT molecular complexity index is 1120. The van der Waals surface area contributed by atoms with Crippen LogP contribution < -0.4 is 9.64 Å². The number of aryl methyl sites for hydroxylation is 1. The lowest BCUT2D eigenvalue weighted by atomic mass is 9.82. The molecule has 1 aliphatic rings. The minimum absolute atomic E-state index is 0.0530. The largest absolute Gasteiger partial charge is 0.492 e. The molecule has 2 aromatic heterocycles. The molecule has 3 aromatic rings. The number of ether oxygens (including phenoxy) is 1. The van der Waals surface area contributed by atoms with E-state index in [-0.39, 0.29) is 6.42 Å². The maximum absolute atomic E-state index is 11.7. The Morgan fingerprint density at radius 2 is 1.79 bits per heavy atom. The van der Waals surface area contributed by atoms with Crippen molar-refractivity contribution in [3.05, 3.63) is 71.7 Å². The van der Waals surface area contributed by atoms with Crippen LogP contribution in [0.2, 0.25) is 0 Å². The van der Waals surface area contributed by atoms with Crippen LogP contribution in [-0.2, 0) is 17.6 Å².